The molecule has 0 bridgehead atoms. The van der Waals surface area contributed by atoms with E-state index in [4.69, 9.17) is 9.47 Å². The van der Waals surface area contributed by atoms with E-state index in [1.165, 1.54) is 6.92 Å². The number of Topliss-reactive ketones (excluding diaryl/α,β-unsaturated/α-hetero) is 1. The van der Waals surface area contributed by atoms with Crippen molar-refractivity contribution in [1.29, 1.82) is 0 Å². The fraction of sp³-hybridized carbons (Fsp3) is 0.692. The first kappa shape index (κ1) is 13.2. The van der Waals surface area contributed by atoms with Crippen molar-refractivity contribution in [3.05, 3.63) is 17.7 Å². The summed E-state index contributed by atoms with van der Waals surface area (Å²) in [5, 5.41) is 0. The Hall–Kier alpha value is -1.20. The molecule has 3 atom stereocenters. The van der Waals surface area contributed by atoms with Crippen LogP contribution in [0, 0.1) is 12.8 Å². The molecule has 0 radical (unpaired) electrons. The Morgan fingerprint density at radius 1 is 1.67 bits per heavy atom. The highest BCUT2D eigenvalue weighted by Crippen LogP contribution is 2.35. The lowest BCUT2D eigenvalue weighted by molar-refractivity contribution is -0.0400. The van der Waals surface area contributed by atoms with Gasteiger partial charge in [0.25, 0.3) is 0 Å². The van der Waals surface area contributed by atoms with Gasteiger partial charge in [-0.15, -0.1) is 0 Å². The maximum atomic E-state index is 11.4. The molecule has 1 aliphatic heterocycles. The molecule has 0 spiro atoms. The molecule has 100 valence electrons. The number of hydrogen-bond donors (Lipinski definition) is 0. The predicted molar refractivity (Wildman–Crippen MR) is 66.5 cm³/mol. The van der Waals surface area contributed by atoms with Crippen molar-refractivity contribution in [3.8, 4) is 0 Å². The first-order valence-electron chi connectivity index (χ1n) is 6.23. The maximum absolute atomic E-state index is 11.4. The number of rotatable bonds is 4. The lowest BCUT2D eigenvalue weighted by Gasteiger charge is -2.18. The standard InChI is InChI=1S/C13H20N2O3/c1-8-5-11(6-17-4)18-13(8)15-7-14-12(9(15)2)10(3)16/h7-8,11,13H,5-6H2,1-4H3/t8-,11+,13-/m1/s1. The molecule has 0 aliphatic carbocycles. The summed E-state index contributed by atoms with van der Waals surface area (Å²) in [6, 6.07) is 0. The third-order valence-electron chi connectivity index (χ3n) is 3.45. The Bertz CT molecular complexity index is 441. The molecule has 0 saturated carbocycles. The first-order valence-corrected chi connectivity index (χ1v) is 6.23. The molecule has 1 aromatic heterocycles. The van der Waals surface area contributed by atoms with Gasteiger partial charge in [0, 0.05) is 25.6 Å². The van der Waals surface area contributed by atoms with E-state index in [-0.39, 0.29) is 18.1 Å². The monoisotopic (exact) mass is 252 g/mol. The summed E-state index contributed by atoms with van der Waals surface area (Å²) in [4.78, 5) is 15.6. The third kappa shape index (κ3) is 2.33. The van der Waals surface area contributed by atoms with E-state index in [2.05, 4.69) is 11.9 Å². The van der Waals surface area contributed by atoms with Crippen LogP contribution < -0.4 is 0 Å². The van der Waals surface area contributed by atoms with Crippen LogP contribution in [0.5, 0.6) is 0 Å². The lowest BCUT2D eigenvalue weighted by Crippen LogP contribution is -2.17. The van der Waals surface area contributed by atoms with Gasteiger partial charge in [-0.2, -0.15) is 0 Å². The van der Waals surface area contributed by atoms with Gasteiger partial charge < -0.3 is 14.0 Å². The summed E-state index contributed by atoms with van der Waals surface area (Å²) in [7, 11) is 1.68. The van der Waals surface area contributed by atoms with Crippen molar-refractivity contribution in [2.45, 2.75) is 39.5 Å². The molecule has 2 heterocycles. The molecule has 1 saturated heterocycles. The highest BCUT2D eigenvalue weighted by atomic mass is 16.5. The summed E-state index contributed by atoms with van der Waals surface area (Å²) in [6.07, 6.45) is 2.73. The number of carbonyl (C=O) groups is 1. The molecule has 1 aliphatic rings. The van der Waals surface area contributed by atoms with Gasteiger partial charge in [-0.05, 0) is 13.3 Å². The number of imidazole rings is 1. The zero-order valence-corrected chi connectivity index (χ0v) is 11.3. The second-order valence-corrected chi connectivity index (χ2v) is 4.96. The van der Waals surface area contributed by atoms with Crippen molar-refractivity contribution in [2.75, 3.05) is 13.7 Å². The maximum Gasteiger partial charge on any atom is 0.179 e. The molecule has 5 nitrogen and oxygen atoms in total. The molecule has 18 heavy (non-hydrogen) atoms. The molecule has 0 amide bonds. The topological polar surface area (TPSA) is 53.4 Å². The predicted octanol–water partition coefficient (Wildman–Crippen LogP) is 1.96. The smallest absolute Gasteiger partial charge is 0.179 e. The minimum absolute atomic E-state index is 0.00894. The molecule has 5 heteroatoms. The molecular formula is C13H20N2O3. The Morgan fingerprint density at radius 3 is 2.94 bits per heavy atom. The normalized spacial score (nSPS) is 27.7. The van der Waals surface area contributed by atoms with Gasteiger partial charge in [-0.3, -0.25) is 4.79 Å². The highest BCUT2D eigenvalue weighted by Gasteiger charge is 2.34. The zero-order chi connectivity index (χ0) is 13.3. The quantitative estimate of drug-likeness (QED) is 0.769. The van der Waals surface area contributed by atoms with Gasteiger partial charge in [0.1, 0.15) is 11.9 Å². The van der Waals surface area contributed by atoms with E-state index in [0.29, 0.717) is 18.2 Å². The number of methoxy groups -OCH3 is 1. The molecule has 1 aromatic rings. The van der Waals surface area contributed by atoms with Gasteiger partial charge in [0.2, 0.25) is 0 Å². The second-order valence-electron chi connectivity index (χ2n) is 4.96. The number of carbonyl (C=O) groups excluding carboxylic acids is 1. The molecule has 0 aromatic carbocycles. The summed E-state index contributed by atoms with van der Waals surface area (Å²) in [6.45, 7) is 6.19. The van der Waals surface area contributed by atoms with Crippen LogP contribution in [-0.4, -0.2) is 35.2 Å². The lowest BCUT2D eigenvalue weighted by atomic mass is 10.1. The summed E-state index contributed by atoms with van der Waals surface area (Å²) in [5.41, 5.74) is 1.40. The van der Waals surface area contributed by atoms with Crippen LogP contribution in [0.2, 0.25) is 0 Å². The van der Waals surface area contributed by atoms with Crippen molar-refractivity contribution in [2.24, 2.45) is 5.92 Å². The van der Waals surface area contributed by atoms with Gasteiger partial charge in [0.05, 0.1) is 19.0 Å². The van der Waals surface area contributed by atoms with Crippen molar-refractivity contribution < 1.29 is 14.3 Å². The Balaban J connectivity index is 2.19. The van der Waals surface area contributed by atoms with Crippen LogP contribution in [-0.2, 0) is 9.47 Å². The highest BCUT2D eigenvalue weighted by molar-refractivity contribution is 5.93. The number of aromatic nitrogens is 2. The van der Waals surface area contributed by atoms with Crippen LogP contribution in [0.25, 0.3) is 0 Å². The van der Waals surface area contributed by atoms with E-state index in [1.807, 2.05) is 11.5 Å². The van der Waals surface area contributed by atoms with Crippen molar-refractivity contribution in [1.82, 2.24) is 9.55 Å². The van der Waals surface area contributed by atoms with E-state index in [1.54, 1.807) is 13.4 Å². The number of ketones is 1. The second kappa shape index (κ2) is 5.20. The van der Waals surface area contributed by atoms with Gasteiger partial charge >= 0.3 is 0 Å². The summed E-state index contributed by atoms with van der Waals surface area (Å²) < 4.78 is 13.0. The van der Waals surface area contributed by atoms with Crippen LogP contribution in [0.15, 0.2) is 6.33 Å². The number of nitrogens with zero attached hydrogens (tertiary/aromatic N) is 2. The third-order valence-corrected chi connectivity index (χ3v) is 3.45. The van der Waals surface area contributed by atoms with E-state index < -0.39 is 0 Å². The zero-order valence-electron chi connectivity index (χ0n) is 11.3. The SMILES string of the molecule is COC[C@@H]1C[C@@H](C)[C@H](n2cnc(C(C)=O)c2C)O1. The molecule has 0 N–H and O–H groups in total. The van der Waals surface area contributed by atoms with Crippen molar-refractivity contribution >= 4 is 5.78 Å². The van der Waals surface area contributed by atoms with Crippen LogP contribution in [0.3, 0.4) is 0 Å². The van der Waals surface area contributed by atoms with Gasteiger partial charge in [-0.1, -0.05) is 6.92 Å². The Labute approximate surface area is 107 Å². The first-order chi connectivity index (χ1) is 8.54. The van der Waals surface area contributed by atoms with E-state index in [9.17, 15) is 4.79 Å². The fourth-order valence-electron chi connectivity index (χ4n) is 2.58. The molecule has 0 unspecified atom stereocenters. The molecule has 1 fully saturated rings. The van der Waals surface area contributed by atoms with Crippen LogP contribution >= 0.6 is 0 Å². The Morgan fingerprint density at radius 2 is 2.39 bits per heavy atom. The number of ether oxygens (including phenoxy) is 2. The minimum Gasteiger partial charge on any atom is -0.382 e. The van der Waals surface area contributed by atoms with Crippen LogP contribution in [0.4, 0.5) is 0 Å². The fourth-order valence-corrected chi connectivity index (χ4v) is 2.58. The molecular weight excluding hydrogens is 232 g/mol. The summed E-state index contributed by atoms with van der Waals surface area (Å²) in [5.74, 6) is 0.378. The van der Waals surface area contributed by atoms with Gasteiger partial charge in [0.15, 0.2) is 5.78 Å². The minimum atomic E-state index is -0.0502. The largest absolute Gasteiger partial charge is 0.382 e. The average molecular weight is 252 g/mol. The van der Waals surface area contributed by atoms with Gasteiger partial charge in [-0.25, -0.2) is 4.98 Å². The summed E-state index contributed by atoms with van der Waals surface area (Å²) >= 11 is 0. The van der Waals surface area contributed by atoms with Crippen LogP contribution in [0.1, 0.15) is 42.7 Å². The van der Waals surface area contributed by atoms with E-state index >= 15 is 0 Å². The molecule has 2 rings (SSSR count). The number of hydrogen-bond acceptors (Lipinski definition) is 4. The Kier molecular flexibility index (Phi) is 3.82. The van der Waals surface area contributed by atoms with Crippen molar-refractivity contribution in [3.63, 3.8) is 0 Å². The van der Waals surface area contributed by atoms with E-state index in [0.717, 1.165) is 12.1 Å². The average Bonchev–Trinajstić information content (AvgIpc) is 2.83.